The Labute approximate surface area is 120 Å². The molecule has 0 aromatic heterocycles. The van der Waals surface area contributed by atoms with Crippen LogP contribution in [0, 0.1) is 11.6 Å². The zero-order chi connectivity index (χ0) is 13.7. The summed E-state index contributed by atoms with van der Waals surface area (Å²) in [5, 5.41) is 0.451. The van der Waals surface area contributed by atoms with Gasteiger partial charge >= 0.3 is 0 Å². The number of alkyl halides is 1. The number of anilines is 1. The molecule has 1 aromatic rings. The van der Waals surface area contributed by atoms with E-state index in [4.69, 9.17) is 0 Å². The molecule has 1 atom stereocenters. The van der Waals surface area contributed by atoms with Gasteiger partial charge in [0.1, 0.15) is 17.3 Å². The van der Waals surface area contributed by atoms with Gasteiger partial charge < -0.3 is 4.90 Å². The van der Waals surface area contributed by atoms with Gasteiger partial charge in [-0.15, -0.1) is 0 Å². The molecular weight excluding hydrogens is 320 g/mol. The Hall–Kier alpha value is -0.290. The maximum atomic E-state index is 13.9. The average molecular weight is 338 g/mol. The van der Waals surface area contributed by atoms with Crippen molar-refractivity contribution in [1.82, 2.24) is 0 Å². The van der Waals surface area contributed by atoms with E-state index in [0.29, 0.717) is 10.9 Å². The number of halogens is 3. The number of benzene rings is 1. The van der Waals surface area contributed by atoms with E-state index >= 15 is 0 Å². The second-order valence-electron chi connectivity index (χ2n) is 4.28. The van der Waals surface area contributed by atoms with Gasteiger partial charge in [0.05, 0.1) is 0 Å². The average Bonchev–Trinajstić information content (AvgIpc) is 2.34. The molecule has 5 heteroatoms. The minimum atomic E-state index is -0.497. The van der Waals surface area contributed by atoms with Crippen molar-refractivity contribution in [3.8, 4) is 0 Å². The third-order valence-corrected chi connectivity index (χ3v) is 4.28. The van der Waals surface area contributed by atoms with Crippen molar-refractivity contribution in [2.45, 2.75) is 24.7 Å². The van der Waals surface area contributed by atoms with E-state index in [-0.39, 0.29) is 11.7 Å². The van der Waals surface area contributed by atoms with Crippen molar-refractivity contribution in [1.29, 1.82) is 0 Å². The summed E-state index contributed by atoms with van der Waals surface area (Å²) in [6.45, 7) is 1.98. The molecule has 0 saturated carbocycles. The fourth-order valence-corrected chi connectivity index (χ4v) is 2.64. The monoisotopic (exact) mass is 337 g/mol. The van der Waals surface area contributed by atoms with Gasteiger partial charge in [-0.05, 0) is 43.0 Å². The highest BCUT2D eigenvalue weighted by molar-refractivity contribution is 9.08. The molecule has 0 fully saturated rings. The van der Waals surface area contributed by atoms with Gasteiger partial charge in [0.15, 0.2) is 0 Å². The molecule has 0 aliphatic carbocycles. The Morgan fingerprint density at radius 2 is 1.89 bits per heavy atom. The Kier molecular flexibility index (Phi) is 6.43. The Balaban J connectivity index is 2.94. The Bertz CT molecular complexity index is 378. The molecule has 0 heterocycles. The zero-order valence-electron chi connectivity index (χ0n) is 10.8. The molecule has 102 valence electrons. The molecule has 18 heavy (non-hydrogen) atoms. The molecule has 1 unspecified atom stereocenters. The van der Waals surface area contributed by atoms with Gasteiger partial charge in [-0.1, -0.05) is 15.9 Å². The summed E-state index contributed by atoms with van der Waals surface area (Å²) < 4.78 is 27.8. The summed E-state index contributed by atoms with van der Waals surface area (Å²) in [5.74, 6) is -0.0141. The summed E-state index contributed by atoms with van der Waals surface area (Å²) >= 11 is 4.94. The van der Waals surface area contributed by atoms with Crippen molar-refractivity contribution in [2.75, 3.05) is 24.0 Å². The standard InChI is InChI=1S/C13H18BrF2NS/c1-9(4-5-18-3)17(2)13-11(15)6-10(8-14)7-12(13)16/h6-7,9H,4-5,8H2,1-3H3. The lowest BCUT2D eigenvalue weighted by Gasteiger charge is -2.27. The predicted molar refractivity (Wildman–Crippen MR) is 79.9 cm³/mol. The van der Waals surface area contributed by atoms with Crippen LogP contribution in [-0.4, -0.2) is 25.1 Å². The van der Waals surface area contributed by atoms with Gasteiger partial charge in [0.25, 0.3) is 0 Å². The quantitative estimate of drug-likeness (QED) is 0.706. The highest BCUT2D eigenvalue weighted by atomic mass is 79.9. The largest absolute Gasteiger partial charge is 0.367 e. The molecule has 0 amide bonds. The van der Waals surface area contributed by atoms with E-state index in [0.717, 1.165) is 12.2 Å². The van der Waals surface area contributed by atoms with E-state index in [1.807, 2.05) is 13.2 Å². The van der Waals surface area contributed by atoms with Crippen molar-refractivity contribution in [2.24, 2.45) is 0 Å². The van der Waals surface area contributed by atoms with Crippen LogP contribution in [0.4, 0.5) is 14.5 Å². The highest BCUT2D eigenvalue weighted by Crippen LogP contribution is 2.27. The summed E-state index contributed by atoms with van der Waals surface area (Å²) in [6, 6.07) is 2.87. The minimum absolute atomic E-state index is 0.0632. The lowest BCUT2D eigenvalue weighted by Crippen LogP contribution is -2.31. The lowest BCUT2D eigenvalue weighted by molar-refractivity contribution is 0.556. The minimum Gasteiger partial charge on any atom is -0.367 e. The van der Waals surface area contributed by atoms with Crippen LogP contribution in [0.5, 0.6) is 0 Å². The van der Waals surface area contributed by atoms with Gasteiger partial charge in [0.2, 0.25) is 0 Å². The SMILES string of the molecule is CSCCC(C)N(C)c1c(F)cc(CBr)cc1F. The maximum Gasteiger partial charge on any atom is 0.149 e. The second kappa shape index (κ2) is 7.34. The van der Waals surface area contributed by atoms with Crippen LogP contribution in [0.1, 0.15) is 18.9 Å². The molecule has 0 aliphatic heterocycles. The summed E-state index contributed by atoms with van der Waals surface area (Å²) in [6.07, 6.45) is 2.93. The fraction of sp³-hybridized carbons (Fsp3) is 0.538. The van der Waals surface area contributed by atoms with Crippen molar-refractivity contribution in [3.63, 3.8) is 0 Å². The number of rotatable bonds is 6. The first kappa shape index (κ1) is 15.8. The Morgan fingerprint density at radius 3 is 2.33 bits per heavy atom. The summed E-state index contributed by atoms with van der Waals surface area (Å²) in [5.41, 5.74) is 0.673. The van der Waals surface area contributed by atoms with Crippen LogP contribution in [0.2, 0.25) is 0 Å². The van der Waals surface area contributed by atoms with E-state index in [1.165, 1.54) is 12.1 Å². The molecule has 0 bridgehead atoms. The van der Waals surface area contributed by atoms with E-state index < -0.39 is 11.6 Å². The van der Waals surface area contributed by atoms with Gasteiger partial charge in [-0.3, -0.25) is 0 Å². The smallest absolute Gasteiger partial charge is 0.149 e. The number of hydrogen-bond acceptors (Lipinski definition) is 2. The first-order valence-electron chi connectivity index (χ1n) is 5.77. The topological polar surface area (TPSA) is 3.24 Å². The summed E-state index contributed by atoms with van der Waals surface area (Å²) in [4.78, 5) is 1.68. The maximum absolute atomic E-state index is 13.9. The first-order valence-corrected chi connectivity index (χ1v) is 8.28. The normalized spacial score (nSPS) is 12.6. The van der Waals surface area contributed by atoms with Crippen LogP contribution in [-0.2, 0) is 5.33 Å². The second-order valence-corrected chi connectivity index (χ2v) is 5.83. The number of thioether (sulfide) groups is 1. The van der Waals surface area contributed by atoms with Gasteiger partial charge in [-0.25, -0.2) is 8.78 Å². The highest BCUT2D eigenvalue weighted by Gasteiger charge is 2.18. The molecule has 0 N–H and O–H groups in total. The van der Waals surface area contributed by atoms with Crippen molar-refractivity contribution >= 4 is 33.4 Å². The van der Waals surface area contributed by atoms with Crippen molar-refractivity contribution in [3.05, 3.63) is 29.3 Å². The number of nitrogens with zero attached hydrogens (tertiary/aromatic N) is 1. The molecule has 0 spiro atoms. The molecule has 0 saturated heterocycles. The molecule has 1 rings (SSSR count). The van der Waals surface area contributed by atoms with E-state index in [9.17, 15) is 8.78 Å². The molecule has 0 aliphatic rings. The third-order valence-electron chi connectivity index (χ3n) is 2.98. The molecule has 1 nitrogen and oxygen atoms in total. The van der Waals surface area contributed by atoms with Crippen LogP contribution in [0.15, 0.2) is 12.1 Å². The summed E-state index contributed by atoms with van der Waals surface area (Å²) in [7, 11) is 1.74. The Morgan fingerprint density at radius 1 is 1.33 bits per heavy atom. The van der Waals surface area contributed by atoms with Crippen LogP contribution in [0.25, 0.3) is 0 Å². The van der Waals surface area contributed by atoms with E-state index in [1.54, 1.807) is 23.7 Å². The molecule has 1 aromatic carbocycles. The van der Waals surface area contributed by atoms with Gasteiger partial charge in [-0.2, -0.15) is 11.8 Å². The van der Waals surface area contributed by atoms with Crippen LogP contribution in [0.3, 0.4) is 0 Å². The number of hydrogen-bond donors (Lipinski definition) is 0. The van der Waals surface area contributed by atoms with Crippen LogP contribution >= 0.6 is 27.7 Å². The van der Waals surface area contributed by atoms with Crippen LogP contribution < -0.4 is 4.90 Å². The predicted octanol–water partition coefficient (Wildman–Crippen LogP) is 4.44. The first-order chi connectivity index (χ1) is 8.51. The third kappa shape index (κ3) is 3.85. The van der Waals surface area contributed by atoms with Crippen molar-refractivity contribution < 1.29 is 8.78 Å². The van der Waals surface area contributed by atoms with Gasteiger partial charge in [0, 0.05) is 18.4 Å². The van der Waals surface area contributed by atoms with E-state index in [2.05, 4.69) is 15.9 Å². The fourth-order valence-electron chi connectivity index (χ4n) is 1.73. The lowest BCUT2D eigenvalue weighted by atomic mass is 10.1. The molecular formula is C13H18BrF2NS. The zero-order valence-corrected chi connectivity index (χ0v) is 13.2. The molecule has 0 radical (unpaired) electrons.